The molecule has 0 aliphatic carbocycles. The van der Waals surface area contributed by atoms with Gasteiger partial charge in [0, 0.05) is 13.0 Å². The summed E-state index contributed by atoms with van der Waals surface area (Å²) in [5, 5.41) is 2.64. The topological polar surface area (TPSA) is 55.4 Å². The highest BCUT2D eigenvalue weighted by molar-refractivity contribution is 5.77. The van der Waals surface area contributed by atoms with E-state index in [2.05, 4.69) is 10.1 Å². The Morgan fingerprint density at radius 2 is 2.00 bits per heavy atom. The Hall–Kier alpha value is -1.06. The van der Waals surface area contributed by atoms with Crippen LogP contribution >= 0.6 is 0 Å². The van der Waals surface area contributed by atoms with Crippen molar-refractivity contribution in [2.24, 2.45) is 5.92 Å². The number of hydrogen-bond acceptors (Lipinski definition) is 3. The van der Waals surface area contributed by atoms with Gasteiger partial charge < -0.3 is 10.1 Å². The molecule has 0 aliphatic rings. The first-order valence-electron chi connectivity index (χ1n) is 4.39. The van der Waals surface area contributed by atoms with Crippen LogP contribution in [0.25, 0.3) is 0 Å². The van der Waals surface area contributed by atoms with E-state index in [9.17, 15) is 9.59 Å². The summed E-state index contributed by atoms with van der Waals surface area (Å²) >= 11 is 0. The number of hydrogen-bond donors (Lipinski definition) is 1. The number of amides is 1. The first-order chi connectivity index (χ1) is 6.06. The van der Waals surface area contributed by atoms with Gasteiger partial charge in [-0.2, -0.15) is 0 Å². The number of ether oxygens (including phenoxy) is 1. The van der Waals surface area contributed by atoms with Gasteiger partial charge in [0.2, 0.25) is 5.91 Å². The molecule has 0 bridgehead atoms. The molecule has 0 spiro atoms. The molecule has 0 unspecified atom stereocenters. The van der Waals surface area contributed by atoms with Crippen LogP contribution in [-0.2, 0) is 14.3 Å². The van der Waals surface area contributed by atoms with E-state index in [4.69, 9.17) is 0 Å². The van der Waals surface area contributed by atoms with Crippen molar-refractivity contribution in [1.29, 1.82) is 0 Å². The maximum absolute atomic E-state index is 11.1. The highest BCUT2D eigenvalue weighted by Gasteiger charge is 2.05. The van der Waals surface area contributed by atoms with E-state index in [1.54, 1.807) is 0 Å². The quantitative estimate of drug-likeness (QED) is 0.645. The molecule has 0 saturated carbocycles. The molecule has 13 heavy (non-hydrogen) atoms. The molecule has 4 heteroatoms. The van der Waals surface area contributed by atoms with Gasteiger partial charge in [-0.3, -0.25) is 9.59 Å². The minimum atomic E-state index is -0.301. The summed E-state index contributed by atoms with van der Waals surface area (Å²) in [6, 6.07) is 0. The van der Waals surface area contributed by atoms with E-state index >= 15 is 0 Å². The highest BCUT2D eigenvalue weighted by atomic mass is 16.5. The van der Waals surface area contributed by atoms with Gasteiger partial charge in [0.15, 0.2) is 0 Å². The Morgan fingerprint density at radius 3 is 2.46 bits per heavy atom. The molecule has 0 saturated heterocycles. The lowest BCUT2D eigenvalue weighted by atomic mass is 10.1. The van der Waals surface area contributed by atoms with Crippen molar-refractivity contribution >= 4 is 11.9 Å². The third-order valence-electron chi connectivity index (χ3n) is 1.47. The van der Waals surface area contributed by atoms with Gasteiger partial charge in [-0.25, -0.2) is 0 Å². The molecule has 0 aliphatic heterocycles. The van der Waals surface area contributed by atoms with E-state index < -0.39 is 0 Å². The number of esters is 1. The molecule has 1 N–H and O–H groups in total. The van der Waals surface area contributed by atoms with Crippen molar-refractivity contribution in [2.75, 3.05) is 13.7 Å². The second-order valence-corrected chi connectivity index (χ2v) is 3.27. The zero-order valence-electron chi connectivity index (χ0n) is 8.42. The number of nitrogens with one attached hydrogen (secondary N) is 1. The monoisotopic (exact) mass is 187 g/mol. The van der Waals surface area contributed by atoms with Crippen LogP contribution < -0.4 is 5.32 Å². The van der Waals surface area contributed by atoms with Crippen molar-refractivity contribution in [1.82, 2.24) is 5.32 Å². The summed E-state index contributed by atoms with van der Waals surface area (Å²) in [7, 11) is 1.33. The van der Waals surface area contributed by atoms with Crippen molar-refractivity contribution in [3.8, 4) is 0 Å². The Kier molecular flexibility index (Phi) is 5.93. The van der Waals surface area contributed by atoms with Gasteiger partial charge >= 0.3 is 5.97 Å². The number of carbonyl (C=O) groups excluding carboxylic acids is 2. The van der Waals surface area contributed by atoms with Crippen LogP contribution in [0.2, 0.25) is 0 Å². The van der Waals surface area contributed by atoms with Crippen LogP contribution in [0.1, 0.15) is 26.7 Å². The molecule has 0 atom stereocenters. The molecule has 76 valence electrons. The van der Waals surface area contributed by atoms with Gasteiger partial charge in [0.1, 0.15) is 0 Å². The molecule has 0 rings (SSSR count). The first-order valence-corrected chi connectivity index (χ1v) is 4.39. The van der Waals surface area contributed by atoms with Crippen LogP contribution in [0.4, 0.5) is 0 Å². The van der Waals surface area contributed by atoms with Gasteiger partial charge in [-0.1, -0.05) is 13.8 Å². The zero-order valence-corrected chi connectivity index (χ0v) is 8.42. The smallest absolute Gasteiger partial charge is 0.307 e. The second kappa shape index (κ2) is 6.46. The minimum absolute atomic E-state index is 0.0149. The maximum Gasteiger partial charge on any atom is 0.307 e. The van der Waals surface area contributed by atoms with Gasteiger partial charge in [-0.15, -0.1) is 0 Å². The molecule has 1 amide bonds. The summed E-state index contributed by atoms with van der Waals surface area (Å²) in [5.74, 6) is 0.0295. The van der Waals surface area contributed by atoms with E-state index in [-0.39, 0.29) is 18.3 Å². The van der Waals surface area contributed by atoms with E-state index in [1.165, 1.54) is 7.11 Å². The lowest BCUT2D eigenvalue weighted by Gasteiger charge is -2.05. The first kappa shape index (κ1) is 11.9. The molecule has 4 nitrogen and oxygen atoms in total. The van der Waals surface area contributed by atoms with Crippen molar-refractivity contribution in [2.45, 2.75) is 26.7 Å². The van der Waals surface area contributed by atoms with Crippen LogP contribution in [-0.4, -0.2) is 25.5 Å². The second-order valence-electron chi connectivity index (χ2n) is 3.27. The molecule has 0 fully saturated rings. The summed E-state index contributed by atoms with van der Waals surface area (Å²) in [6.07, 6.45) is 0.738. The Balaban J connectivity index is 3.42. The number of rotatable bonds is 5. The van der Waals surface area contributed by atoms with Crippen LogP contribution in [0, 0.1) is 5.92 Å². The maximum atomic E-state index is 11.1. The molecule has 0 aromatic rings. The fraction of sp³-hybridized carbons (Fsp3) is 0.778. The summed E-state index contributed by atoms with van der Waals surface area (Å²) in [5.41, 5.74) is 0. The summed E-state index contributed by atoms with van der Waals surface area (Å²) < 4.78 is 4.42. The largest absolute Gasteiger partial charge is 0.469 e. The SMILES string of the molecule is COC(=O)CCNC(=O)CC(C)C. The normalized spacial score (nSPS) is 9.85. The average Bonchev–Trinajstić information content (AvgIpc) is 2.02. The number of methoxy groups -OCH3 is 1. The molecule has 0 radical (unpaired) electrons. The third-order valence-corrected chi connectivity index (χ3v) is 1.47. The summed E-state index contributed by atoms with van der Waals surface area (Å²) in [4.78, 5) is 21.7. The van der Waals surface area contributed by atoms with E-state index in [0.717, 1.165) is 0 Å². The van der Waals surface area contributed by atoms with Crippen molar-refractivity contribution in [3.63, 3.8) is 0 Å². The lowest BCUT2D eigenvalue weighted by molar-refractivity contribution is -0.140. The Morgan fingerprint density at radius 1 is 1.38 bits per heavy atom. The van der Waals surface area contributed by atoms with E-state index in [0.29, 0.717) is 18.9 Å². The minimum Gasteiger partial charge on any atom is -0.469 e. The zero-order chi connectivity index (χ0) is 10.3. The van der Waals surface area contributed by atoms with Crippen LogP contribution in [0.3, 0.4) is 0 Å². The standard InChI is InChI=1S/C9H17NO3/c1-7(2)6-8(11)10-5-4-9(12)13-3/h7H,4-6H2,1-3H3,(H,10,11). The fourth-order valence-electron chi connectivity index (χ4n) is 0.849. The third kappa shape index (κ3) is 7.31. The molecule has 0 aromatic carbocycles. The van der Waals surface area contributed by atoms with Gasteiger partial charge in [0.25, 0.3) is 0 Å². The predicted molar refractivity (Wildman–Crippen MR) is 49.1 cm³/mol. The fourth-order valence-corrected chi connectivity index (χ4v) is 0.849. The predicted octanol–water partition coefficient (Wildman–Crippen LogP) is 0.712. The average molecular weight is 187 g/mol. The molecule has 0 aromatic heterocycles. The van der Waals surface area contributed by atoms with Crippen LogP contribution in [0.5, 0.6) is 0 Å². The van der Waals surface area contributed by atoms with Gasteiger partial charge in [-0.05, 0) is 5.92 Å². The van der Waals surface area contributed by atoms with E-state index in [1.807, 2.05) is 13.8 Å². The molecule has 0 heterocycles. The molecular formula is C9H17NO3. The molecular weight excluding hydrogens is 170 g/mol. The lowest BCUT2D eigenvalue weighted by Crippen LogP contribution is -2.27. The Bertz CT molecular complexity index is 178. The number of carbonyl (C=O) groups is 2. The van der Waals surface area contributed by atoms with Gasteiger partial charge in [0.05, 0.1) is 13.5 Å². The van der Waals surface area contributed by atoms with Crippen LogP contribution in [0.15, 0.2) is 0 Å². The summed E-state index contributed by atoms with van der Waals surface area (Å²) in [6.45, 7) is 4.30. The van der Waals surface area contributed by atoms with Crippen molar-refractivity contribution in [3.05, 3.63) is 0 Å². The highest BCUT2D eigenvalue weighted by Crippen LogP contribution is 1.97. The van der Waals surface area contributed by atoms with Crippen molar-refractivity contribution < 1.29 is 14.3 Å². The Labute approximate surface area is 78.6 Å².